The molecule has 0 fully saturated rings. The van der Waals surface area contributed by atoms with E-state index in [4.69, 9.17) is 11.6 Å². The molecule has 0 aliphatic rings. The molecule has 1 atom stereocenters. The monoisotopic (exact) mass is 363 g/mol. The number of nitrogens with zero attached hydrogens (tertiary/aromatic N) is 4. The molecule has 1 amide bonds. The van der Waals surface area contributed by atoms with E-state index in [0.717, 1.165) is 4.68 Å². The van der Waals surface area contributed by atoms with E-state index in [1.165, 1.54) is 13.8 Å². The van der Waals surface area contributed by atoms with Gasteiger partial charge in [-0.15, -0.1) is 0 Å². The molecule has 2 aromatic heterocycles. The topological polar surface area (TPSA) is 64.7 Å². The van der Waals surface area contributed by atoms with Gasteiger partial charge in [0, 0.05) is 25.5 Å². The number of carbonyl (C=O) groups excluding carboxylic acids is 1. The first-order chi connectivity index (χ1) is 11.2. The lowest BCUT2D eigenvalue weighted by atomic mass is 10.3. The normalized spacial score (nSPS) is 13.1. The molecule has 0 radical (unpaired) electrons. The van der Waals surface area contributed by atoms with Gasteiger partial charge in [-0.1, -0.05) is 11.6 Å². The van der Waals surface area contributed by atoms with Crippen molar-refractivity contribution in [2.75, 3.05) is 6.54 Å². The number of carbonyl (C=O) groups is 1. The van der Waals surface area contributed by atoms with Gasteiger partial charge in [0.2, 0.25) is 5.91 Å². The van der Waals surface area contributed by atoms with Crippen LogP contribution >= 0.6 is 11.6 Å². The van der Waals surface area contributed by atoms with Crippen LogP contribution in [0.5, 0.6) is 0 Å². The molecule has 0 saturated carbocycles. The first-order valence-corrected chi connectivity index (χ1v) is 7.65. The Morgan fingerprint density at radius 2 is 2.17 bits per heavy atom. The van der Waals surface area contributed by atoms with E-state index in [0.29, 0.717) is 19.5 Å². The zero-order valence-electron chi connectivity index (χ0n) is 13.1. The SMILES string of the molecule is Cc1c(Cl)c(C(F)(F)F)nn1C(C)C(=O)NCCCn1ccnc1. The molecule has 0 saturated heterocycles. The summed E-state index contributed by atoms with van der Waals surface area (Å²) >= 11 is 5.69. The summed E-state index contributed by atoms with van der Waals surface area (Å²) in [6.07, 6.45) is 1.13. The summed E-state index contributed by atoms with van der Waals surface area (Å²) in [6, 6.07) is -0.896. The highest BCUT2D eigenvalue weighted by atomic mass is 35.5. The Balaban J connectivity index is 1.95. The molecule has 6 nitrogen and oxygen atoms in total. The minimum absolute atomic E-state index is 0.102. The van der Waals surface area contributed by atoms with Crippen molar-refractivity contribution in [2.24, 2.45) is 0 Å². The molecular formula is C14H17ClF3N5O. The predicted molar refractivity (Wildman–Crippen MR) is 81.5 cm³/mol. The third-order valence-corrected chi connectivity index (χ3v) is 4.00. The number of imidazole rings is 1. The van der Waals surface area contributed by atoms with Gasteiger partial charge in [-0.2, -0.15) is 18.3 Å². The minimum Gasteiger partial charge on any atom is -0.354 e. The Morgan fingerprint density at radius 1 is 1.46 bits per heavy atom. The van der Waals surface area contributed by atoms with Crippen molar-refractivity contribution in [3.8, 4) is 0 Å². The Bertz CT molecular complexity index is 696. The zero-order valence-corrected chi connectivity index (χ0v) is 13.9. The van der Waals surface area contributed by atoms with Crippen molar-refractivity contribution < 1.29 is 18.0 Å². The lowest BCUT2D eigenvalue weighted by Crippen LogP contribution is -2.33. The number of alkyl halides is 3. The van der Waals surface area contributed by atoms with Crippen LogP contribution in [0.1, 0.15) is 30.8 Å². The molecule has 0 bridgehead atoms. The number of hydrogen-bond donors (Lipinski definition) is 1. The van der Waals surface area contributed by atoms with Gasteiger partial charge in [-0.25, -0.2) is 4.98 Å². The van der Waals surface area contributed by atoms with Crippen LogP contribution in [0.2, 0.25) is 5.02 Å². The minimum atomic E-state index is -4.66. The number of hydrogen-bond acceptors (Lipinski definition) is 3. The highest BCUT2D eigenvalue weighted by Gasteiger charge is 2.39. The summed E-state index contributed by atoms with van der Waals surface area (Å²) in [5.41, 5.74) is -1.08. The fraction of sp³-hybridized carbons (Fsp3) is 0.500. The average Bonchev–Trinajstić information content (AvgIpc) is 3.12. The van der Waals surface area contributed by atoms with Gasteiger partial charge in [0.1, 0.15) is 6.04 Å². The second-order valence-corrected chi connectivity index (χ2v) is 5.69. The predicted octanol–water partition coefficient (Wildman–Crippen LogP) is 2.83. The first kappa shape index (κ1) is 18.3. The molecule has 0 aliphatic carbocycles. The first-order valence-electron chi connectivity index (χ1n) is 7.27. The number of aryl methyl sites for hydroxylation is 1. The van der Waals surface area contributed by atoms with Crippen molar-refractivity contribution in [2.45, 2.75) is 39.0 Å². The largest absolute Gasteiger partial charge is 0.436 e. The van der Waals surface area contributed by atoms with E-state index in [1.807, 2.05) is 4.57 Å². The standard InChI is InChI=1S/C14H17ClF3N5O/c1-9-11(15)12(14(16,17)18)21-23(9)10(2)13(24)20-4-3-6-22-7-5-19-8-22/h5,7-8,10H,3-4,6H2,1-2H3,(H,20,24). The third kappa shape index (κ3) is 4.08. The molecule has 1 N–H and O–H groups in total. The van der Waals surface area contributed by atoms with Crippen LogP contribution in [0, 0.1) is 6.92 Å². The number of amides is 1. The summed E-state index contributed by atoms with van der Waals surface area (Å²) in [5, 5.41) is 5.65. The van der Waals surface area contributed by atoms with Crippen LogP contribution in [0.4, 0.5) is 13.2 Å². The Morgan fingerprint density at radius 3 is 2.71 bits per heavy atom. The summed E-state index contributed by atoms with van der Waals surface area (Å²) in [7, 11) is 0. The second kappa shape index (κ2) is 7.25. The molecule has 0 spiro atoms. The van der Waals surface area contributed by atoms with Crippen molar-refractivity contribution in [3.05, 3.63) is 35.1 Å². The molecule has 2 aromatic rings. The number of nitrogens with one attached hydrogen (secondary N) is 1. The molecule has 10 heteroatoms. The molecular weight excluding hydrogens is 347 g/mol. The lowest BCUT2D eigenvalue weighted by molar-refractivity contribution is -0.141. The van der Waals surface area contributed by atoms with Gasteiger partial charge in [-0.3, -0.25) is 9.48 Å². The van der Waals surface area contributed by atoms with Crippen molar-refractivity contribution in [3.63, 3.8) is 0 Å². The number of aromatic nitrogens is 4. The summed E-state index contributed by atoms with van der Waals surface area (Å²) < 4.78 is 41.3. The third-order valence-electron chi connectivity index (χ3n) is 3.54. The number of halogens is 4. The maximum atomic E-state index is 12.8. The fourth-order valence-electron chi connectivity index (χ4n) is 2.21. The van der Waals surface area contributed by atoms with Crippen LogP contribution in [0.25, 0.3) is 0 Å². The van der Waals surface area contributed by atoms with Gasteiger partial charge in [-0.05, 0) is 20.3 Å². The maximum Gasteiger partial charge on any atom is 0.436 e. The van der Waals surface area contributed by atoms with Gasteiger partial charge in [0.15, 0.2) is 5.69 Å². The Labute approximate surface area is 141 Å². The fourth-order valence-corrected chi connectivity index (χ4v) is 2.44. The molecule has 2 heterocycles. The van der Waals surface area contributed by atoms with Gasteiger partial charge in [0.25, 0.3) is 0 Å². The van der Waals surface area contributed by atoms with Crippen molar-refractivity contribution in [1.82, 2.24) is 24.6 Å². The molecule has 2 rings (SSSR count). The van der Waals surface area contributed by atoms with E-state index >= 15 is 0 Å². The Kier molecular flexibility index (Phi) is 5.53. The molecule has 0 aromatic carbocycles. The van der Waals surface area contributed by atoms with E-state index in [1.54, 1.807) is 18.7 Å². The summed E-state index contributed by atoms with van der Waals surface area (Å²) in [5.74, 6) is -0.420. The molecule has 132 valence electrons. The second-order valence-electron chi connectivity index (χ2n) is 5.31. The molecule has 24 heavy (non-hydrogen) atoms. The smallest absolute Gasteiger partial charge is 0.354 e. The van der Waals surface area contributed by atoms with Crippen LogP contribution in [0.3, 0.4) is 0 Å². The Hall–Kier alpha value is -2.03. The van der Waals surface area contributed by atoms with Crippen molar-refractivity contribution in [1.29, 1.82) is 0 Å². The van der Waals surface area contributed by atoms with Crippen LogP contribution in [0.15, 0.2) is 18.7 Å². The van der Waals surface area contributed by atoms with Crippen molar-refractivity contribution >= 4 is 17.5 Å². The highest BCUT2D eigenvalue weighted by molar-refractivity contribution is 6.32. The van der Waals surface area contributed by atoms with Crippen LogP contribution in [-0.4, -0.2) is 31.8 Å². The van der Waals surface area contributed by atoms with Crippen LogP contribution < -0.4 is 5.32 Å². The quantitative estimate of drug-likeness (QED) is 0.803. The van der Waals surface area contributed by atoms with Crippen LogP contribution in [-0.2, 0) is 17.5 Å². The van der Waals surface area contributed by atoms with E-state index in [-0.39, 0.29) is 5.69 Å². The maximum absolute atomic E-state index is 12.8. The van der Waals surface area contributed by atoms with E-state index in [2.05, 4.69) is 15.4 Å². The zero-order chi connectivity index (χ0) is 17.9. The van der Waals surface area contributed by atoms with Gasteiger partial charge < -0.3 is 9.88 Å². The number of rotatable bonds is 6. The van der Waals surface area contributed by atoms with Gasteiger partial charge in [0.05, 0.1) is 17.0 Å². The molecule has 0 aliphatic heterocycles. The van der Waals surface area contributed by atoms with Gasteiger partial charge >= 0.3 is 6.18 Å². The molecule has 1 unspecified atom stereocenters. The van der Waals surface area contributed by atoms with E-state index < -0.39 is 28.8 Å². The lowest BCUT2D eigenvalue weighted by Gasteiger charge is -2.14. The average molecular weight is 364 g/mol. The van der Waals surface area contributed by atoms with E-state index in [9.17, 15) is 18.0 Å². The summed E-state index contributed by atoms with van der Waals surface area (Å²) in [4.78, 5) is 16.0. The summed E-state index contributed by atoms with van der Waals surface area (Å²) in [6.45, 7) is 3.94. The highest BCUT2D eigenvalue weighted by Crippen LogP contribution is 2.36.